The molecule has 0 spiro atoms. The van der Waals surface area contributed by atoms with E-state index in [9.17, 15) is 9.90 Å². The smallest absolute Gasteiger partial charge is 0.260 e. The highest BCUT2D eigenvalue weighted by molar-refractivity contribution is 5.88. The van der Waals surface area contributed by atoms with E-state index < -0.39 is 11.5 Å². The van der Waals surface area contributed by atoms with Gasteiger partial charge in [-0.1, -0.05) is 11.2 Å². The summed E-state index contributed by atoms with van der Waals surface area (Å²) < 4.78 is 7.18. The van der Waals surface area contributed by atoms with Crippen molar-refractivity contribution in [1.29, 1.82) is 0 Å². The van der Waals surface area contributed by atoms with Gasteiger partial charge in [-0.2, -0.15) is 5.10 Å². The number of aryl methyl sites for hydroxylation is 1. The number of aliphatic hydroxyl groups is 1. The maximum Gasteiger partial charge on any atom is 0.260 e. The second-order valence-corrected chi connectivity index (χ2v) is 8.40. The summed E-state index contributed by atoms with van der Waals surface area (Å²) in [7, 11) is 3.52. The zero-order valence-electron chi connectivity index (χ0n) is 19.0. The molecule has 5 rings (SSSR count). The molecule has 0 saturated carbocycles. The number of anilines is 1. The van der Waals surface area contributed by atoms with Crippen molar-refractivity contribution in [3.8, 4) is 22.8 Å². The lowest BCUT2D eigenvalue weighted by Crippen LogP contribution is -2.36. The maximum absolute atomic E-state index is 12.4. The topological polar surface area (TPSA) is 135 Å². The summed E-state index contributed by atoms with van der Waals surface area (Å²) in [5, 5.41) is 22.2. The number of aromatic nitrogens is 6. The molecule has 34 heavy (non-hydrogen) atoms. The first-order valence-corrected chi connectivity index (χ1v) is 10.8. The molecule has 1 amide bonds. The molecule has 2 atom stereocenters. The zero-order valence-corrected chi connectivity index (χ0v) is 19.0. The maximum atomic E-state index is 12.4. The van der Waals surface area contributed by atoms with Crippen LogP contribution in [0.1, 0.15) is 30.6 Å². The molecule has 1 aliphatic rings. The second kappa shape index (κ2) is 8.34. The quantitative estimate of drug-likeness (QED) is 0.444. The highest BCUT2D eigenvalue weighted by atomic mass is 16.5. The van der Waals surface area contributed by atoms with Gasteiger partial charge in [-0.3, -0.25) is 9.48 Å². The van der Waals surface area contributed by atoms with Gasteiger partial charge in [-0.05, 0) is 25.1 Å². The fourth-order valence-corrected chi connectivity index (χ4v) is 3.91. The van der Waals surface area contributed by atoms with Crippen molar-refractivity contribution in [2.45, 2.75) is 25.0 Å². The van der Waals surface area contributed by atoms with Crippen LogP contribution < -0.4 is 5.32 Å². The molecule has 1 aliphatic heterocycles. The molecule has 11 heteroatoms. The third-order valence-electron chi connectivity index (χ3n) is 5.93. The van der Waals surface area contributed by atoms with E-state index in [1.165, 1.54) is 4.90 Å². The third kappa shape index (κ3) is 3.90. The van der Waals surface area contributed by atoms with Crippen LogP contribution in [0.3, 0.4) is 0 Å². The van der Waals surface area contributed by atoms with E-state index in [0.29, 0.717) is 35.3 Å². The SMILES string of the molecule is C[C@@H](Nc1nccc(-c2cccc(-c3cc([C@]4(O)CCN(C)C4=O)no3)n2)n1)c1cnn(C)c1. The summed E-state index contributed by atoms with van der Waals surface area (Å²) >= 11 is 0. The lowest BCUT2D eigenvalue weighted by Gasteiger charge is -2.16. The number of nitrogens with zero attached hydrogens (tertiary/aromatic N) is 7. The van der Waals surface area contributed by atoms with Crippen molar-refractivity contribution in [1.82, 2.24) is 34.8 Å². The molecule has 1 saturated heterocycles. The largest absolute Gasteiger partial charge is 0.374 e. The molecule has 0 unspecified atom stereocenters. The van der Waals surface area contributed by atoms with E-state index in [1.807, 2.05) is 32.3 Å². The molecule has 1 fully saturated rings. The van der Waals surface area contributed by atoms with Gasteiger partial charge in [0.05, 0.1) is 23.6 Å². The Kier molecular flexibility index (Phi) is 5.33. The van der Waals surface area contributed by atoms with Crippen LogP contribution in [0.2, 0.25) is 0 Å². The van der Waals surface area contributed by atoms with Gasteiger partial charge < -0.3 is 19.8 Å². The van der Waals surface area contributed by atoms with Crippen molar-refractivity contribution < 1.29 is 14.4 Å². The molecular weight excluding hydrogens is 436 g/mol. The zero-order chi connectivity index (χ0) is 23.9. The first-order chi connectivity index (χ1) is 16.3. The number of likely N-dealkylation sites (N-methyl/N-ethyl adjacent to an activating group) is 1. The van der Waals surface area contributed by atoms with Crippen LogP contribution in [-0.4, -0.2) is 59.4 Å². The molecule has 4 aromatic rings. The second-order valence-electron chi connectivity index (χ2n) is 8.40. The third-order valence-corrected chi connectivity index (χ3v) is 5.93. The molecule has 174 valence electrons. The Balaban J connectivity index is 1.38. The van der Waals surface area contributed by atoms with Crippen molar-refractivity contribution in [3.63, 3.8) is 0 Å². The van der Waals surface area contributed by atoms with Gasteiger partial charge >= 0.3 is 0 Å². The molecular formula is C23H24N8O3. The van der Waals surface area contributed by atoms with Gasteiger partial charge in [0.25, 0.3) is 5.91 Å². The number of carbonyl (C=O) groups excluding carboxylic acids is 1. The standard InChI is InChI=1S/C23H24N8O3/c1-14(15-12-25-31(3)13-15)26-22-24-9-7-17(28-22)16-5-4-6-18(27-16)19-11-20(29-34-19)23(33)8-10-30(2)21(23)32/h4-7,9,11-14,33H,8,10H2,1-3H3,(H,24,26,28)/t14-,23-/m1/s1. The lowest BCUT2D eigenvalue weighted by molar-refractivity contribution is -0.143. The number of rotatable bonds is 6. The van der Waals surface area contributed by atoms with E-state index in [2.05, 4.69) is 30.5 Å². The number of hydrogen-bond acceptors (Lipinski definition) is 9. The Labute approximate surface area is 195 Å². The highest BCUT2D eigenvalue weighted by Gasteiger charge is 2.47. The van der Waals surface area contributed by atoms with Crippen molar-refractivity contribution in [2.75, 3.05) is 18.9 Å². The monoisotopic (exact) mass is 460 g/mol. The van der Waals surface area contributed by atoms with Crippen LogP contribution in [0, 0.1) is 0 Å². The van der Waals surface area contributed by atoms with Gasteiger partial charge in [0.15, 0.2) is 11.4 Å². The number of pyridine rings is 1. The number of likely N-dealkylation sites (tertiary alicyclic amines) is 1. The van der Waals surface area contributed by atoms with Crippen LogP contribution in [0.4, 0.5) is 5.95 Å². The Morgan fingerprint density at radius 3 is 2.71 bits per heavy atom. The Bertz CT molecular complexity index is 1350. The van der Waals surface area contributed by atoms with E-state index in [4.69, 9.17) is 4.52 Å². The summed E-state index contributed by atoms with van der Waals surface area (Å²) in [6, 6.07) is 8.74. The van der Waals surface area contributed by atoms with Crippen LogP contribution >= 0.6 is 0 Å². The summed E-state index contributed by atoms with van der Waals surface area (Å²) in [4.78, 5) is 27.4. The fourth-order valence-electron chi connectivity index (χ4n) is 3.91. The van der Waals surface area contributed by atoms with E-state index in [0.717, 1.165) is 5.56 Å². The van der Waals surface area contributed by atoms with E-state index >= 15 is 0 Å². The molecule has 2 N–H and O–H groups in total. The van der Waals surface area contributed by atoms with Crippen LogP contribution in [0.25, 0.3) is 22.8 Å². The first-order valence-electron chi connectivity index (χ1n) is 10.8. The van der Waals surface area contributed by atoms with Gasteiger partial charge in [-0.15, -0.1) is 0 Å². The number of nitrogens with one attached hydrogen (secondary N) is 1. The summed E-state index contributed by atoms with van der Waals surface area (Å²) in [5.74, 6) is 0.426. The lowest BCUT2D eigenvalue weighted by atomic mass is 9.97. The molecule has 0 aliphatic carbocycles. The predicted molar refractivity (Wildman–Crippen MR) is 122 cm³/mol. The molecule has 5 heterocycles. The van der Waals surface area contributed by atoms with Crippen molar-refractivity contribution in [3.05, 3.63) is 60.2 Å². The van der Waals surface area contributed by atoms with E-state index in [1.54, 1.807) is 42.3 Å². The number of carbonyl (C=O) groups is 1. The molecule has 11 nitrogen and oxygen atoms in total. The van der Waals surface area contributed by atoms with Crippen LogP contribution in [-0.2, 0) is 17.4 Å². The fraction of sp³-hybridized carbons (Fsp3) is 0.304. The number of hydrogen-bond donors (Lipinski definition) is 2. The summed E-state index contributed by atoms with van der Waals surface area (Å²) in [6.07, 6.45) is 5.66. The summed E-state index contributed by atoms with van der Waals surface area (Å²) in [5.41, 5.74) is 1.28. The van der Waals surface area contributed by atoms with E-state index in [-0.39, 0.29) is 18.2 Å². The first kappa shape index (κ1) is 21.7. The van der Waals surface area contributed by atoms with Gasteiger partial charge in [-0.25, -0.2) is 15.0 Å². The normalized spacial score (nSPS) is 18.9. The molecule has 4 aromatic heterocycles. The summed E-state index contributed by atoms with van der Waals surface area (Å²) in [6.45, 7) is 2.46. The Morgan fingerprint density at radius 2 is 1.97 bits per heavy atom. The predicted octanol–water partition coefficient (Wildman–Crippen LogP) is 2.15. The highest BCUT2D eigenvalue weighted by Crippen LogP contribution is 2.34. The molecule has 0 bridgehead atoms. The Morgan fingerprint density at radius 1 is 1.18 bits per heavy atom. The van der Waals surface area contributed by atoms with Crippen molar-refractivity contribution in [2.24, 2.45) is 7.05 Å². The minimum absolute atomic E-state index is 0.0287. The minimum atomic E-state index is -1.67. The average Bonchev–Trinajstić information content (AvgIpc) is 3.57. The Hall–Kier alpha value is -4.12. The van der Waals surface area contributed by atoms with Crippen LogP contribution in [0.15, 0.2) is 53.4 Å². The van der Waals surface area contributed by atoms with Gasteiger partial charge in [0.1, 0.15) is 11.4 Å². The molecule has 0 aromatic carbocycles. The van der Waals surface area contributed by atoms with Crippen LogP contribution in [0.5, 0.6) is 0 Å². The number of amides is 1. The molecule has 0 radical (unpaired) electrons. The van der Waals surface area contributed by atoms with Gasteiger partial charge in [0.2, 0.25) is 5.95 Å². The van der Waals surface area contributed by atoms with Crippen molar-refractivity contribution >= 4 is 11.9 Å². The van der Waals surface area contributed by atoms with Gasteiger partial charge in [0, 0.05) is 51.1 Å². The average molecular weight is 460 g/mol. The minimum Gasteiger partial charge on any atom is -0.374 e.